The van der Waals surface area contributed by atoms with Crippen molar-refractivity contribution in [2.24, 2.45) is 0 Å². The molecule has 0 fully saturated rings. The summed E-state index contributed by atoms with van der Waals surface area (Å²) in [7, 11) is 0. The van der Waals surface area contributed by atoms with Gasteiger partial charge in [0, 0.05) is 11.6 Å². The van der Waals surface area contributed by atoms with Crippen LogP contribution in [0, 0.1) is 11.6 Å². The zero-order valence-corrected chi connectivity index (χ0v) is 6.63. The third kappa shape index (κ3) is 1.59. The summed E-state index contributed by atoms with van der Waals surface area (Å²) in [4.78, 5) is 0. The molecule has 1 aromatic heterocycles. The van der Waals surface area contributed by atoms with Crippen molar-refractivity contribution in [1.82, 2.24) is 0 Å². The van der Waals surface area contributed by atoms with E-state index in [1.54, 1.807) is 0 Å². The van der Waals surface area contributed by atoms with Gasteiger partial charge in [0.1, 0.15) is 17.8 Å². The maximum Gasteiger partial charge on any atom is 0.161 e. The van der Waals surface area contributed by atoms with Crippen LogP contribution in [-0.2, 0) is 0 Å². The highest BCUT2D eigenvalue weighted by Gasteiger charge is 2.03. The predicted octanol–water partition coefficient (Wildman–Crippen LogP) is 3.22. The van der Waals surface area contributed by atoms with E-state index in [4.69, 9.17) is 4.42 Å². The van der Waals surface area contributed by atoms with Crippen molar-refractivity contribution >= 4 is 0 Å². The van der Waals surface area contributed by atoms with E-state index in [-0.39, 0.29) is 5.82 Å². The molecule has 66 valence electrons. The number of rotatable bonds is 1. The Morgan fingerprint density at radius 2 is 1.62 bits per heavy atom. The van der Waals surface area contributed by atoms with Gasteiger partial charge in [-0.15, -0.1) is 0 Å². The first kappa shape index (κ1) is 7.98. The van der Waals surface area contributed by atoms with Gasteiger partial charge in [-0.05, 0) is 24.3 Å². The fraction of sp³-hybridized carbons (Fsp3) is 0. The molecule has 3 heteroatoms. The van der Waals surface area contributed by atoms with Gasteiger partial charge in [-0.2, -0.15) is 0 Å². The lowest BCUT2D eigenvalue weighted by Gasteiger charge is -1.94. The van der Waals surface area contributed by atoms with E-state index in [1.807, 2.05) is 0 Å². The summed E-state index contributed by atoms with van der Waals surface area (Å²) < 4.78 is 29.9. The number of hydrogen-bond acceptors (Lipinski definition) is 1. The molecule has 2 rings (SSSR count). The van der Waals surface area contributed by atoms with Gasteiger partial charge >= 0.3 is 0 Å². The van der Waals surface area contributed by atoms with Gasteiger partial charge in [0.2, 0.25) is 0 Å². The van der Waals surface area contributed by atoms with E-state index in [1.165, 1.54) is 30.3 Å². The quantitative estimate of drug-likeness (QED) is 0.656. The first-order valence-corrected chi connectivity index (χ1v) is 3.76. The molecule has 13 heavy (non-hydrogen) atoms. The van der Waals surface area contributed by atoms with Gasteiger partial charge in [0.25, 0.3) is 0 Å². The Morgan fingerprint density at radius 3 is 2.15 bits per heavy atom. The van der Waals surface area contributed by atoms with Crippen molar-refractivity contribution in [1.29, 1.82) is 0 Å². The van der Waals surface area contributed by atoms with Crippen LogP contribution in [0.5, 0.6) is 0 Å². The Balaban J connectivity index is 2.41. The van der Waals surface area contributed by atoms with Gasteiger partial charge in [-0.25, -0.2) is 8.78 Å². The lowest BCUT2D eigenvalue weighted by molar-refractivity contribution is 0.541. The van der Waals surface area contributed by atoms with Crippen molar-refractivity contribution in [3.63, 3.8) is 0 Å². The van der Waals surface area contributed by atoms with Crippen LogP contribution in [0.15, 0.2) is 41.0 Å². The summed E-state index contributed by atoms with van der Waals surface area (Å²) >= 11 is 0. The highest BCUT2D eigenvalue weighted by molar-refractivity contribution is 5.56. The average Bonchev–Trinajstić information content (AvgIpc) is 2.53. The smallest absolute Gasteiger partial charge is 0.161 e. The molecule has 0 atom stereocenters. The summed E-state index contributed by atoms with van der Waals surface area (Å²) in [6, 6.07) is 6.93. The third-order valence-corrected chi connectivity index (χ3v) is 1.70. The second kappa shape index (κ2) is 3.01. The highest BCUT2D eigenvalue weighted by Crippen LogP contribution is 2.21. The van der Waals surface area contributed by atoms with Gasteiger partial charge in [0.15, 0.2) is 5.82 Å². The van der Waals surface area contributed by atoms with Gasteiger partial charge in [-0.1, -0.05) is 0 Å². The maximum absolute atomic E-state index is 12.5. The van der Waals surface area contributed by atoms with Crippen LogP contribution in [0.3, 0.4) is 0 Å². The minimum atomic E-state index is -0.431. The zero-order valence-electron chi connectivity index (χ0n) is 6.63. The molecule has 0 saturated carbocycles. The maximum atomic E-state index is 12.5. The summed E-state index contributed by atoms with van der Waals surface area (Å²) in [5.74, 6) is -0.354. The van der Waals surface area contributed by atoms with Crippen LogP contribution >= 0.6 is 0 Å². The molecule has 1 heterocycles. The predicted molar refractivity (Wildman–Crippen MR) is 44.1 cm³/mol. The largest absolute Gasteiger partial charge is 0.461 e. The summed E-state index contributed by atoms with van der Waals surface area (Å²) in [6.45, 7) is 0. The van der Waals surface area contributed by atoms with Gasteiger partial charge in [0.05, 0.1) is 0 Å². The van der Waals surface area contributed by atoms with E-state index < -0.39 is 5.82 Å². The molecule has 0 bridgehead atoms. The molecular weight excluding hydrogens is 174 g/mol. The van der Waals surface area contributed by atoms with Crippen molar-refractivity contribution in [2.75, 3.05) is 0 Å². The molecule has 1 aromatic carbocycles. The van der Waals surface area contributed by atoms with E-state index >= 15 is 0 Å². The zero-order chi connectivity index (χ0) is 9.26. The fourth-order valence-corrected chi connectivity index (χ4v) is 1.08. The Kier molecular flexibility index (Phi) is 1.85. The Labute approximate surface area is 73.6 Å². The Hall–Kier alpha value is -1.64. The number of hydrogen-bond donors (Lipinski definition) is 0. The number of furan rings is 1. The SMILES string of the molecule is Fc1ccc(-c2cc(F)co2)cc1. The molecule has 0 spiro atoms. The lowest BCUT2D eigenvalue weighted by atomic mass is 10.2. The van der Waals surface area contributed by atoms with Gasteiger partial charge in [-0.3, -0.25) is 0 Å². The second-order valence-electron chi connectivity index (χ2n) is 2.64. The molecule has 0 aliphatic heterocycles. The molecule has 0 aliphatic carbocycles. The van der Waals surface area contributed by atoms with Crippen molar-refractivity contribution in [2.45, 2.75) is 0 Å². The molecule has 0 radical (unpaired) electrons. The Bertz CT molecular complexity index is 403. The standard InChI is InChI=1S/C10H6F2O/c11-8-3-1-7(2-4-8)10-5-9(12)6-13-10/h1-6H. The molecule has 0 N–H and O–H groups in total. The molecule has 0 saturated heterocycles. The second-order valence-corrected chi connectivity index (χ2v) is 2.64. The van der Waals surface area contributed by atoms with Crippen LogP contribution in [0.25, 0.3) is 11.3 Å². The minimum absolute atomic E-state index is 0.323. The van der Waals surface area contributed by atoms with E-state index in [0.29, 0.717) is 11.3 Å². The average molecular weight is 180 g/mol. The van der Waals surface area contributed by atoms with Gasteiger partial charge < -0.3 is 4.42 Å². The molecule has 0 amide bonds. The molecule has 0 aliphatic rings. The van der Waals surface area contributed by atoms with Crippen molar-refractivity contribution in [3.05, 3.63) is 48.2 Å². The third-order valence-electron chi connectivity index (χ3n) is 1.70. The van der Waals surface area contributed by atoms with Crippen LogP contribution in [0.1, 0.15) is 0 Å². The van der Waals surface area contributed by atoms with Crippen molar-refractivity contribution < 1.29 is 13.2 Å². The fourth-order valence-electron chi connectivity index (χ4n) is 1.08. The minimum Gasteiger partial charge on any atom is -0.461 e. The van der Waals surface area contributed by atoms with Crippen LogP contribution < -0.4 is 0 Å². The highest BCUT2D eigenvalue weighted by atomic mass is 19.1. The van der Waals surface area contributed by atoms with Crippen LogP contribution in [-0.4, -0.2) is 0 Å². The monoisotopic (exact) mass is 180 g/mol. The van der Waals surface area contributed by atoms with Crippen LogP contribution in [0.4, 0.5) is 8.78 Å². The first-order chi connectivity index (χ1) is 6.25. The molecular formula is C10H6F2O. The topological polar surface area (TPSA) is 13.1 Å². The van der Waals surface area contributed by atoms with E-state index in [0.717, 1.165) is 6.26 Å². The number of benzene rings is 1. The normalized spacial score (nSPS) is 10.3. The van der Waals surface area contributed by atoms with E-state index in [9.17, 15) is 8.78 Å². The molecule has 2 aromatic rings. The summed E-state index contributed by atoms with van der Waals surface area (Å²) in [5, 5.41) is 0. The molecule has 0 unspecified atom stereocenters. The summed E-state index contributed by atoms with van der Waals surface area (Å²) in [6.07, 6.45) is 1.01. The molecule has 1 nitrogen and oxygen atoms in total. The lowest BCUT2D eigenvalue weighted by Crippen LogP contribution is -1.75. The summed E-state index contributed by atoms with van der Waals surface area (Å²) in [5.41, 5.74) is 0.658. The van der Waals surface area contributed by atoms with Crippen LogP contribution in [0.2, 0.25) is 0 Å². The Morgan fingerprint density at radius 1 is 0.923 bits per heavy atom. The van der Waals surface area contributed by atoms with E-state index in [2.05, 4.69) is 0 Å². The van der Waals surface area contributed by atoms with Crippen molar-refractivity contribution in [3.8, 4) is 11.3 Å². The number of halogens is 2. The first-order valence-electron chi connectivity index (χ1n) is 3.76.